The molecule has 0 atom stereocenters. The zero-order valence-corrected chi connectivity index (χ0v) is 7.89. The van der Waals surface area contributed by atoms with Gasteiger partial charge in [-0.25, -0.2) is 0 Å². The first-order chi connectivity index (χ1) is 6.90. The molecule has 15 heavy (non-hydrogen) atoms. The molecule has 0 amide bonds. The number of aliphatic hydroxyl groups excluding tert-OH is 1. The van der Waals surface area contributed by atoms with Crippen LogP contribution in [0, 0.1) is 18.3 Å². The highest BCUT2D eigenvalue weighted by Gasteiger charge is 2.34. The molecule has 0 aliphatic carbocycles. The molecule has 0 aromatic heterocycles. The number of aryl methyl sites for hydroxylation is 1. The Morgan fingerprint density at radius 2 is 2.00 bits per heavy atom. The van der Waals surface area contributed by atoms with Gasteiger partial charge in [0.05, 0.1) is 17.7 Å². The maximum absolute atomic E-state index is 12.5. The van der Waals surface area contributed by atoms with Crippen molar-refractivity contribution in [3.8, 4) is 6.07 Å². The zero-order chi connectivity index (χ0) is 11.6. The van der Waals surface area contributed by atoms with Crippen molar-refractivity contribution in [3.05, 3.63) is 34.4 Å². The molecule has 1 rings (SSSR count). The lowest BCUT2D eigenvalue weighted by Gasteiger charge is -2.12. The van der Waals surface area contributed by atoms with Gasteiger partial charge in [0.25, 0.3) is 0 Å². The summed E-state index contributed by atoms with van der Waals surface area (Å²) in [7, 11) is 0. The van der Waals surface area contributed by atoms with E-state index in [1.54, 1.807) is 0 Å². The van der Waals surface area contributed by atoms with E-state index in [4.69, 9.17) is 10.4 Å². The van der Waals surface area contributed by atoms with Gasteiger partial charge in [0.2, 0.25) is 0 Å². The molecule has 1 N–H and O–H groups in total. The smallest absolute Gasteiger partial charge is 0.392 e. The van der Waals surface area contributed by atoms with Gasteiger partial charge in [-0.15, -0.1) is 0 Å². The highest BCUT2D eigenvalue weighted by atomic mass is 19.4. The third-order valence-electron chi connectivity index (χ3n) is 2.00. The summed E-state index contributed by atoms with van der Waals surface area (Å²) in [6, 6.07) is 3.69. The van der Waals surface area contributed by atoms with Crippen LogP contribution in [-0.2, 0) is 12.8 Å². The van der Waals surface area contributed by atoms with Crippen LogP contribution in [0.2, 0.25) is 0 Å². The molecule has 80 valence electrons. The predicted octanol–water partition coefficient (Wildman–Crippen LogP) is 2.38. The fourth-order valence-corrected chi connectivity index (χ4v) is 1.33. The highest BCUT2D eigenvalue weighted by Crippen LogP contribution is 2.33. The van der Waals surface area contributed by atoms with Crippen LogP contribution in [-0.4, -0.2) is 5.11 Å². The van der Waals surface area contributed by atoms with Crippen LogP contribution < -0.4 is 0 Å². The third-order valence-corrected chi connectivity index (χ3v) is 2.00. The lowest BCUT2D eigenvalue weighted by Crippen LogP contribution is -2.10. The molecule has 0 unspecified atom stereocenters. The summed E-state index contributed by atoms with van der Waals surface area (Å²) >= 11 is 0. The fourth-order valence-electron chi connectivity index (χ4n) is 1.33. The van der Waals surface area contributed by atoms with Crippen LogP contribution in [0.3, 0.4) is 0 Å². The summed E-state index contributed by atoms with van der Waals surface area (Å²) in [5.74, 6) is 0. The quantitative estimate of drug-likeness (QED) is 0.781. The molecule has 5 heteroatoms. The van der Waals surface area contributed by atoms with Crippen LogP contribution in [0.25, 0.3) is 0 Å². The number of nitrogens with zero attached hydrogens (tertiary/aromatic N) is 1. The van der Waals surface area contributed by atoms with Crippen molar-refractivity contribution in [2.45, 2.75) is 19.7 Å². The van der Waals surface area contributed by atoms with E-state index in [-0.39, 0.29) is 16.7 Å². The molecule has 0 saturated carbocycles. The second-order valence-electron chi connectivity index (χ2n) is 3.10. The molecule has 0 heterocycles. The van der Waals surface area contributed by atoms with Crippen molar-refractivity contribution >= 4 is 0 Å². The number of rotatable bonds is 1. The zero-order valence-electron chi connectivity index (χ0n) is 7.89. The topological polar surface area (TPSA) is 44.0 Å². The maximum atomic E-state index is 12.5. The Bertz CT molecular complexity index is 418. The Morgan fingerprint density at radius 1 is 1.40 bits per heavy atom. The van der Waals surface area contributed by atoms with Gasteiger partial charge in [0, 0.05) is 0 Å². The van der Waals surface area contributed by atoms with Crippen molar-refractivity contribution in [2.24, 2.45) is 0 Å². The molecule has 1 aromatic rings. The molecule has 2 nitrogen and oxygen atoms in total. The number of hydrogen-bond donors (Lipinski definition) is 1. The predicted molar refractivity (Wildman–Crippen MR) is 46.8 cm³/mol. The monoisotopic (exact) mass is 215 g/mol. The summed E-state index contributed by atoms with van der Waals surface area (Å²) in [6.45, 7) is 0.933. The Labute approximate surface area is 84.6 Å². The van der Waals surface area contributed by atoms with Crippen LogP contribution in [0.1, 0.15) is 22.3 Å². The van der Waals surface area contributed by atoms with Gasteiger partial charge in [-0.3, -0.25) is 0 Å². The van der Waals surface area contributed by atoms with Crippen molar-refractivity contribution in [3.63, 3.8) is 0 Å². The first kappa shape index (κ1) is 11.5. The minimum Gasteiger partial charge on any atom is -0.392 e. The van der Waals surface area contributed by atoms with Gasteiger partial charge in [0.1, 0.15) is 6.07 Å². The van der Waals surface area contributed by atoms with Gasteiger partial charge in [-0.05, 0) is 24.1 Å². The third kappa shape index (κ3) is 2.28. The summed E-state index contributed by atoms with van der Waals surface area (Å²) in [5.41, 5.74) is -1.01. The second-order valence-corrected chi connectivity index (χ2v) is 3.10. The minimum absolute atomic E-state index is 0.152. The van der Waals surface area contributed by atoms with Crippen LogP contribution in [0.15, 0.2) is 12.1 Å². The molecule has 0 spiro atoms. The van der Waals surface area contributed by atoms with Crippen molar-refractivity contribution in [1.29, 1.82) is 5.26 Å². The van der Waals surface area contributed by atoms with E-state index in [0.29, 0.717) is 0 Å². The SMILES string of the molecule is Cc1cc(CO)cc(C(F)(F)F)c1C#N. The van der Waals surface area contributed by atoms with E-state index < -0.39 is 18.3 Å². The van der Waals surface area contributed by atoms with Gasteiger partial charge in [-0.2, -0.15) is 18.4 Å². The van der Waals surface area contributed by atoms with Crippen LogP contribution in [0.4, 0.5) is 13.2 Å². The fraction of sp³-hybridized carbons (Fsp3) is 0.300. The molecule has 0 bridgehead atoms. The molecular formula is C10H8F3NO. The Kier molecular flexibility index (Phi) is 3.01. The average Bonchev–Trinajstić information content (AvgIpc) is 2.15. The summed E-state index contributed by atoms with van der Waals surface area (Å²) in [5, 5.41) is 17.4. The first-order valence-electron chi connectivity index (χ1n) is 4.12. The van der Waals surface area contributed by atoms with E-state index in [1.165, 1.54) is 19.1 Å². The van der Waals surface area contributed by atoms with E-state index in [2.05, 4.69) is 0 Å². The lowest BCUT2D eigenvalue weighted by atomic mass is 9.99. The molecule has 0 saturated heterocycles. The molecule has 0 fully saturated rings. The van der Waals surface area contributed by atoms with E-state index in [0.717, 1.165) is 6.07 Å². The van der Waals surface area contributed by atoms with E-state index >= 15 is 0 Å². The minimum atomic E-state index is -4.57. The number of hydrogen-bond acceptors (Lipinski definition) is 2. The maximum Gasteiger partial charge on any atom is 0.417 e. The highest BCUT2D eigenvalue weighted by molar-refractivity contribution is 5.47. The molecule has 1 aromatic carbocycles. The Balaban J connectivity index is 3.48. The van der Waals surface area contributed by atoms with Crippen molar-refractivity contribution < 1.29 is 18.3 Å². The van der Waals surface area contributed by atoms with Crippen molar-refractivity contribution in [1.82, 2.24) is 0 Å². The van der Waals surface area contributed by atoms with Crippen LogP contribution >= 0.6 is 0 Å². The number of alkyl halides is 3. The molecule has 0 aliphatic heterocycles. The largest absolute Gasteiger partial charge is 0.417 e. The number of nitriles is 1. The number of aliphatic hydroxyl groups is 1. The number of benzene rings is 1. The molecule has 0 radical (unpaired) electrons. The summed E-state index contributed by atoms with van der Waals surface area (Å²) < 4.78 is 37.5. The van der Waals surface area contributed by atoms with Crippen molar-refractivity contribution in [2.75, 3.05) is 0 Å². The standard InChI is InChI=1S/C10H8F3NO/c1-6-2-7(5-15)3-9(8(6)4-14)10(11,12)13/h2-3,15H,5H2,1H3. The van der Waals surface area contributed by atoms with E-state index in [9.17, 15) is 13.2 Å². The second kappa shape index (κ2) is 3.91. The average molecular weight is 215 g/mol. The molecular weight excluding hydrogens is 207 g/mol. The molecule has 0 aliphatic rings. The van der Waals surface area contributed by atoms with E-state index in [1.807, 2.05) is 0 Å². The summed E-state index contributed by atoms with van der Waals surface area (Å²) in [4.78, 5) is 0. The normalized spacial score (nSPS) is 11.2. The van der Waals surface area contributed by atoms with Gasteiger partial charge in [-0.1, -0.05) is 6.07 Å². The summed E-state index contributed by atoms with van der Waals surface area (Å²) in [6.07, 6.45) is -4.57. The van der Waals surface area contributed by atoms with Gasteiger partial charge in [0.15, 0.2) is 0 Å². The first-order valence-corrected chi connectivity index (χ1v) is 4.12. The lowest BCUT2D eigenvalue weighted by molar-refractivity contribution is -0.137. The van der Waals surface area contributed by atoms with Gasteiger partial charge >= 0.3 is 6.18 Å². The van der Waals surface area contributed by atoms with Crippen LogP contribution in [0.5, 0.6) is 0 Å². The number of halogens is 3. The Hall–Kier alpha value is -1.54. The van der Waals surface area contributed by atoms with Gasteiger partial charge < -0.3 is 5.11 Å². The Morgan fingerprint density at radius 3 is 2.40 bits per heavy atom.